The van der Waals surface area contributed by atoms with Gasteiger partial charge in [0.25, 0.3) is 0 Å². The Labute approximate surface area is 95.1 Å². The van der Waals surface area contributed by atoms with Crippen LogP contribution in [0.5, 0.6) is 0 Å². The lowest BCUT2D eigenvalue weighted by molar-refractivity contribution is -0.191. The molecule has 1 atom stereocenters. The molecule has 2 fully saturated rings. The Morgan fingerprint density at radius 2 is 2.00 bits per heavy atom. The third kappa shape index (κ3) is 1.83. The lowest BCUT2D eigenvalue weighted by Crippen LogP contribution is -2.63. The summed E-state index contributed by atoms with van der Waals surface area (Å²) in [5.74, 6) is -0.388. The minimum absolute atomic E-state index is 0.232. The van der Waals surface area contributed by atoms with E-state index in [1.807, 2.05) is 0 Å². The molecule has 0 spiro atoms. The van der Waals surface area contributed by atoms with Gasteiger partial charge >= 0.3 is 5.97 Å². The fourth-order valence-electron chi connectivity index (χ4n) is 2.91. The third-order valence-corrected chi connectivity index (χ3v) is 3.89. The average Bonchev–Trinajstić information content (AvgIpc) is 2.23. The minimum atomic E-state index is -0.780. The van der Waals surface area contributed by atoms with E-state index >= 15 is 0 Å². The SMILES string of the molecule is CNC(C(=O)O)C1(C2CCOCC2)COC1. The van der Waals surface area contributed by atoms with Gasteiger partial charge in [0.1, 0.15) is 6.04 Å². The van der Waals surface area contributed by atoms with Crippen molar-refractivity contribution >= 4 is 5.97 Å². The monoisotopic (exact) mass is 229 g/mol. The van der Waals surface area contributed by atoms with E-state index in [1.54, 1.807) is 7.05 Å². The first kappa shape index (κ1) is 11.8. The van der Waals surface area contributed by atoms with Crippen molar-refractivity contribution in [2.24, 2.45) is 11.3 Å². The van der Waals surface area contributed by atoms with Crippen LogP contribution in [0, 0.1) is 11.3 Å². The smallest absolute Gasteiger partial charge is 0.321 e. The number of hydrogen-bond donors (Lipinski definition) is 2. The van der Waals surface area contributed by atoms with Gasteiger partial charge in [-0.1, -0.05) is 0 Å². The van der Waals surface area contributed by atoms with Crippen LogP contribution in [0.15, 0.2) is 0 Å². The van der Waals surface area contributed by atoms with Gasteiger partial charge in [-0.15, -0.1) is 0 Å². The van der Waals surface area contributed by atoms with Gasteiger partial charge in [-0.3, -0.25) is 4.79 Å². The van der Waals surface area contributed by atoms with E-state index in [2.05, 4.69) is 5.32 Å². The highest BCUT2D eigenvalue weighted by atomic mass is 16.5. The fraction of sp³-hybridized carbons (Fsp3) is 0.909. The maximum atomic E-state index is 11.3. The summed E-state index contributed by atoms with van der Waals surface area (Å²) in [6.07, 6.45) is 1.88. The number of likely N-dealkylation sites (N-methyl/N-ethyl adjacent to an activating group) is 1. The molecule has 0 saturated carbocycles. The second-order valence-corrected chi connectivity index (χ2v) is 4.67. The first-order valence-corrected chi connectivity index (χ1v) is 5.76. The molecule has 5 heteroatoms. The van der Waals surface area contributed by atoms with Gasteiger partial charge < -0.3 is 19.9 Å². The Morgan fingerprint density at radius 1 is 1.38 bits per heavy atom. The van der Waals surface area contributed by atoms with E-state index < -0.39 is 12.0 Å². The molecule has 0 aromatic heterocycles. The van der Waals surface area contributed by atoms with E-state index in [0.717, 1.165) is 26.1 Å². The number of aliphatic carboxylic acids is 1. The molecule has 2 aliphatic heterocycles. The molecule has 1 unspecified atom stereocenters. The molecule has 0 aromatic carbocycles. The van der Waals surface area contributed by atoms with E-state index in [9.17, 15) is 9.90 Å². The third-order valence-electron chi connectivity index (χ3n) is 3.89. The summed E-state index contributed by atoms with van der Waals surface area (Å²) in [6, 6.07) is -0.510. The molecule has 0 aliphatic carbocycles. The lowest BCUT2D eigenvalue weighted by atomic mass is 9.65. The number of ether oxygens (including phenoxy) is 2. The van der Waals surface area contributed by atoms with Gasteiger partial charge in [-0.25, -0.2) is 0 Å². The number of hydrogen-bond acceptors (Lipinski definition) is 4. The number of carboxylic acids is 1. The zero-order chi connectivity index (χ0) is 11.6. The standard InChI is InChI=1S/C11H19NO4/c1-12-9(10(13)14)11(6-16-7-11)8-2-4-15-5-3-8/h8-9,12H,2-7H2,1H3,(H,13,14). The summed E-state index contributed by atoms with van der Waals surface area (Å²) in [7, 11) is 1.71. The topological polar surface area (TPSA) is 67.8 Å². The molecular formula is C11H19NO4. The number of nitrogens with one attached hydrogen (secondary N) is 1. The summed E-state index contributed by atoms with van der Waals surface area (Å²) < 4.78 is 10.6. The molecular weight excluding hydrogens is 210 g/mol. The van der Waals surface area contributed by atoms with Crippen LogP contribution in [0.3, 0.4) is 0 Å². The molecule has 0 amide bonds. The van der Waals surface area contributed by atoms with E-state index in [0.29, 0.717) is 19.1 Å². The molecule has 2 heterocycles. The Hall–Kier alpha value is -0.650. The van der Waals surface area contributed by atoms with Crippen molar-refractivity contribution in [1.82, 2.24) is 5.32 Å². The van der Waals surface area contributed by atoms with Crippen molar-refractivity contribution in [2.75, 3.05) is 33.5 Å². The van der Waals surface area contributed by atoms with Crippen LogP contribution in [0.4, 0.5) is 0 Å². The molecule has 0 radical (unpaired) electrons. The highest BCUT2D eigenvalue weighted by molar-refractivity contribution is 5.75. The Bertz CT molecular complexity index is 259. The maximum absolute atomic E-state index is 11.3. The predicted molar refractivity (Wildman–Crippen MR) is 57.3 cm³/mol. The van der Waals surface area contributed by atoms with Crippen LogP contribution in [0.1, 0.15) is 12.8 Å². The van der Waals surface area contributed by atoms with Gasteiger partial charge in [0.15, 0.2) is 0 Å². The molecule has 5 nitrogen and oxygen atoms in total. The Morgan fingerprint density at radius 3 is 2.38 bits per heavy atom. The molecule has 2 rings (SSSR count). The van der Waals surface area contributed by atoms with Crippen molar-refractivity contribution < 1.29 is 19.4 Å². The molecule has 92 valence electrons. The molecule has 0 aromatic rings. The number of rotatable bonds is 4. The second kappa shape index (κ2) is 4.69. The van der Waals surface area contributed by atoms with Crippen molar-refractivity contribution in [3.8, 4) is 0 Å². The van der Waals surface area contributed by atoms with Crippen molar-refractivity contribution in [3.63, 3.8) is 0 Å². The molecule has 2 saturated heterocycles. The van der Waals surface area contributed by atoms with Crippen LogP contribution >= 0.6 is 0 Å². The molecule has 0 bridgehead atoms. The number of carbonyl (C=O) groups is 1. The first-order chi connectivity index (χ1) is 7.70. The molecule has 2 aliphatic rings. The summed E-state index contributed by atoms with van der Waals surface area (Å²) in [5, 5.41) is 12.2. The predicted octanol–water partition coefficient (Wildman–Crippen LogP) is 0.102. The highest BCUT2D eigenvalue weighted by Gasteiger charge is 2.53. The summed E-state index contributed by atoms with van der Waals surface area (Å²) >= 11 is 0. The Kier molecular flexibility index (Phi) is 3.47. The molecule has 2 N–H and O–H groups in total. The first-order valence-electron chi connectivity index (χ1n) is 5.76. The van der Waals surface area contributed by atoms with Crippen LogP contribution in [0.2, 0.25) is 0 Å². The fourth-order valence-corrected chi connectivity index (χ4v) is 2.91. The summed E-state index contributed by atoms with van der Waals surface area (Å²) in [5.41, 5.74) is -0.232. The normalized spacial score (nSPS) is 27.1. The number of carboxylic acid groups (broad SMARTS) is 1. The van der Waals surface area contributed by atoms with E-state index in [1.165, 1.54) is 0 Å². The van der Waals surface area contributed by atoms with Crippen molar-refractivity contribution in [3.05, 3.63) is 0 Å². The zero-order valence-electron chi connectivity index (χ0n) is 9.57. The minimum Gasteiger partial charge on any atom is -0.480 e. The van der Waals surface area contributed by atoms with Crippen molar-refractivity contribution in [2.45, 2.75) is 18.9 Å². The van der Waals surface area contributed by atoms with Crippen LogP contribution in [-0.2, 0) is 14.3 Å². The zero-order valence-corrected chi connectivity index (χ0v) is 9.57. The average molecular weight is 229 g/mol. The summed E-state index contributed by atoms with van der Waals surface area (Å²) in [6.45, 7) is 2.58. The van der Waals surface area contributed by atoms with Gasteiger partial charge in [0.2, 0.25) is 0 Å². The van der Waals surface area contributed by atoms with Gasteiger partial charge in [0, 0.05) is 18.6 Å². The van der Waals surface area contributed by atoms with Crippen LogP contribution in [-0.4, -0.2) is 50.6 Å². The maximum Gasteiger partial charge on any atom is 0.321 e. The summed E-state index contributed by atoms with van der Waals surface area (Å²) in [4.78, 5) is 11.3. The highest BCUT2D eigenvalue weighted by Crippen LogP contribution is 2.44. The molecule has 16 heavy (non-hydrogen) atoms. The second-order valence-electron chi connectivity index (χ2n) is 4.67. The van der Waals surface area contributed by atoms with Crippen molar-refractivity contribution in [1.29, 1.82) is 0 Å². The largest absolute Gasteiger partial charge is 0.480 e. The quantitative estimate of drug-likeness (QED) is 0.715. The Balaban J connectivity index is 2.13. The lowest BCUT2D eigenvalue weighted by Gasteiger charge is -2.51. The van der Waals surface area contributed by atoms with E-state index in [-0.39, 0.29) is 5.41 Å². The van der Waals surface area contributed by atoms with E-state index in [4.69, 9.17) is 9.47 Å². The van der Waals surface area contributed by atoms with Crippen LogP contribution < -0.4 is 5.32 Å². The van der Waals surface area contributed by atoms with Gasteiger partial charge in [-0.05, 0) is 25.8 Å². The van der Waals surface area contributed by atoms with Crippen LogP contribution in [0.25, 0.3) is 0 Å². The van der Waals surface area contributed by atoms with Gasteiger partial charge in [-0.2, -0.15) is 0 Å². The van der Waals surface area contributed by atoms with Gasteiger partial charge in [0.05, 0.1) is 13.2 Å².